The Morgan fingerprint density at radius 1 is 0.0150 bits per heavy atom. The third kappa shape index (κ3) is 1040. The standard InChI is InChI=1S/2HI.131Na/h2*1H;;;;;;;;;;;;;;;;;;;;;;;;;;;;;;;;;;;;;;;;;;;;;;;;;;;;;;;;;;;;;;;;;;;;;;;;;;;;;;;;;;;;;;;;;;;;;;;;;;;;;;;;;;;;;;;;;;;;;;;;;;;;;;;;;;;/q;;131*+1. The first-order valence-electron chi connectivity index (χ1n) is 0. The van der Waals surface area contributed by atoms with Gasteiger partial charge in [-0.05, 0) is 0 Å². The molecule has 0 aliphatic carbocycles. The Morgan fingerprint density at radius 3 is 0.0150 bits per heavy atom. The molecule has 0 unspecified atom stereocenters. The quantitative estimate of drug-likeness (QED) is 0.168. The predicted octanol–water partition coefficient (Wildman–Crippen LogP) is -391. The molecule has 0 atom stereocenters. The van der Waals surface area contributed by atoms with Gasteiger partial charge in [0.15, 0.2) is 0 Å². The van der Waals surface area contributed by atoms with Gasteiger partial charge in [0.05, 0.1) is 0 Å². The molecule has 0 saturated heterocycles. The van der Waals surface area contributed by atoms with Crippen LogP contribution in [0.5, 0.6) is 0 Å². The maximum absolute atomic E-state index is 0. The van der Waals surface area contributed by atoms with Crippen LogP contribution in [-0.2, 0) is 0 Å². The van der Waals surface area contributed by atoms with Crippen LogP contribution in [0.3, 0.4) is 0 Å². The van der Waals surface area contributed by atoms with E-state index in [-0.39, 0.29) is 3920 Å². The van der Waals surface area contributed by atoms with Gasteiger partial charge in [-0.1, -0.05) is 0 Å². The first-order chi connectivity index (χ1) is 0. The van der Waals surface area contributed by atoms with Crippen LogP contribution in [0.25, 0.3) is 0 Å². The van der Waals surface area contributed by atoms with Crippen molar-refractivity contribution in [1.29, 1.82) is 0 Å². The Balaban J connectivity index is 0. The van der Waals surface area contributed by atoms with E-state index >= 15 is 0 Å². The molecule has 133 heteroatoms. The van der Waals surface area contributed by atoms with Crippen LogP contribution in [0.1, 0.15) is 0 Å². The second-order valence-corrected chi connectivity index (χ2v) is 0. The Labute approximate surface area is 3770 Å². The van der Waals surface area contributed by atoms with Crippen molar-refractivity contribution in [2.75, 3.05) is 0 Å². The zero-order valence-corrected chi connectivity index (χ0v) is 398. The van der Waals surface area contributed by atoms with E-state index in [9.17, 15) is 0 Å². The fraction of sp³-hybridized carbons (Fsp3) is 0. The summed E-state index contributed by atoms with van der Waals surface area (Å²) in [6.07, 6.45) is 0. The summed E-state index contributed by atoms with van der Waals surface area (Å²) in [5.41, 5.74) is 0. The molecule has 0 heterocycles. The van der Waals surface area contributed by atoms with Crippen molar-refractivity contribution in [2.24, 2.45) is 0 Å². The maximum atomic E-state index is 0. The van der Waals surface area contributed by atoms with Crippen molar-refractivity contribution in [3.05, 3.63) is 0 Å². The van der Waals surface area contributed by atoms with Crippen LogP contribution in [0, 0.1) is 0 Å². The monoisotopic (exact) mass is 3270 g/mol. The maximum Gasteiger partial charge on any atom is 1.00 e. The van der Waals surface area contributed by atoms with E-state index < -0.39 is 0 Å². The van der Waals surface area contributed by atoms with Gasteiger partial charge in [0.25, 0.3) is 0 Å². The van der Waals surface area contributed by atoms with Gasteiger partial charge in [-0.3, -0.25) is 0 Å². The van der Waals surface area contributed by atoms with Gasteiger partial charge in [-0.2, -0.15) is 0 Å². The van der Waals surface area contributed by atoms with Crippen molar-refractivity contribution in [3.63, 3.8) is 0 Å². The van der Waals surface area contributed by atoms with Crippen molar-refractivity contribution in [1.82, 2.24) is 0 Å². The summed E-state index contributed by atoms with van der Waals surface area (Å²) in [4.78, 5) is 0. The van der Waals surface area contributed by atoms with Crippen LogP contribution in [0.4, 0.5) is 0 Å². The van der Waals surface area contributed by atoms with E-state index in [1.807, 2.05) is 0 Å². The SMILES string of the molecule is I.I.[Na+].[Na+].[Na+].[Na+].[Na+].[Na+].[Na+].[Na+].[Na+].[Na+].[Na+].[Na+].[Na+].[Na+].[Na+].[Na+].[Na+].[Na+].[Na+].[Na+].[Na+].[Na+].[Na+].[Na+].[Na+].[Na+].[Na+].[Na+].[Na+].[Na+].[Na+].[Na+].[Na+].[Na+].[Na+].[Na+].[Na+].[Na+].[Na+].[Na+].[Na+].[Na+].[Na+].[Na+].[Na+].[Na+].[Na+].[Na+].[Na+].[Na+].[Na+].[Na+].[Na+].[Na+].[Na+].[Na+].[Na+].[Na+].[Na+].[Na+].[Na+].[Na+].[Na+].[Na+].[Na+].[Na+].[Na+].[Na+].[Na+].[Na+].[Na+].[Na+].[Na+].[Na+].[Na+].[Na+].[Na+].[Na+].[Na+].[Na+].[Na+].[Na+].[Na+].[Na+].[Na+].[Na+].[Na+].[Na+].[Na+].[Na+].[Na+].[Na+].[Na+].[Na+].[Na+].[Na+].[Na+].[Na+].[Na+].[Na+].[Na+].[Na+].[Na+].[Na+].[Na+].[Na+].[Na+].[Na+].[Na+].[Na+].[Na+].[Na+].[Na+].[Na+].[Na+].[Na+].[Na+].[Na+].[Na+].[Na+].[Na+].[Na+].[Na+].[Na+].[Na+].[Na+].[Na+].[Na+].[Na+].[Na+].[Na+]. The van der Waals surface area contributed by atoms with Gasteiger partial charge < -0.3 is 0 Å². The fourth-order valence-electron chi connectivity index (χ4n) is 0. The average Bonchev–Trinajstić information content (AvgIpc) is 0. The van der Waals surface area contributed by atoms with Crippen molar-refractivity contribution >= 4 is 48.0 Å². The first-order valence-corrected chi connectivity index (χ1v) is 0. The second-order valence-electron chi connectivity index (χ2n) is 0. The zero-order valence-electron chi connectivity index (χ0n) is 132. The molecule has 0 rings (SSSR count). The van der Waals surface area contributed by atoms with Gasteiger partial charge >= 0.3 is 3870 Å². The van der Waals surface area contributed by atoms with Crippen LogP contribution in [0.15, 0.2) is 0 Å². The fourth-order valence-corrected chi connectivity index (χ4v) is 0. The molecule has 0 aromatic heterocycles. The van der Waals surface area contributed by atoms with Crippen LogP contribution < -0.4 is 3870 Å². The van der Waals surface area contributed by atoms with Crippen LogP contribution in [-0.4, -0.2) is 0 Å². The van der Waals surface area contributed by atoms with E-state index in [4.69, 9.17) is 0 Å². The summed E-state index contributed by atoms with van der Waals surface area (Å²) in [5, 5.41) is 0. The van der Waals surface area contributed by atoms with Crippen molar-refractivity contribution in [2.45, 2.75) is 0 Å². The molecule has 0 fully saturated rings. The molecular weight excluding hydrogens is 3270 g/mol. The Bertz CT molecular complexity index is 15.0. The van der Waals surface area contributed by atoms with Gasteiger partial charge in [0.2, 0.25) is 0 Å². The molecule has 0 nitrogen and oxygen atoms in total. The molecule has 133 heavy (non-hydrogen) atoms. The summed E-state index contributed by atoms with van der Waals surface area (Å²) >= 11 is 0. The summed E-state index contributed by atoms with van der Waals surface area (Å²) in [6, 6.07) is 0. The summed E-state index contributed by atoms with van der Waals surface area (Å²) in [7, 11) is 0. The molecule has 0 saturated carbocycles. The Kier molecular flexibility index (Phi) is 8320. The van der Waals surface area contributed by atoms with Gasteiger partial charge in [-0.15, -0.1) is 48.0 Å². The molecule has 0 aromatic rings. The number of hydrogen-bond donors (Lipinski definition) is 0. The van der Waals surface area contributed by atoms with Crippen molar-refractivity contribution in [3.8, 4) is 0 Å². The van der Waals surface area contributed by atoms with Crippen LogP contribution >= 0.6 is 48.0 Å². The molecule has 16 valence electrons. The Hall–Kier alpha value is 132. The number of halogens is 2. The first kappa shape index (κ1) is 1060. The summed E-state index contributed by atoms with van der Waals surface area (Å²) in [5.74, 6) is 0. The summed E-state index contributed by atoms with van der Waals surface area (Å²) < 4.78 is 0. The molecule has 0 amide bonds. The Morgan fingerprint density at radius 2 is 0.0150 bits per heavy atom. The van der Waals surface area contributed by atoms with E-state index in [1.165, 1.54) is 0 Å². The van der Waals surface area contributed by atoms with Crippen LogP contribution in [0.2, 0.25) is 0 Å². The molecule has 0 aliphatic rings. The summed E-state index contributed by atoms with van der Waals surface area (Å²) in [6.45, 7) is 0. The average molecular weight is 3270 g/mol. The minimum Gasteiger partial charge on any atom is -0.107 e. The topological polar surface area (TPSA) is 0 Å². The van der Waals surface area contributed by atoms with E-state index in [2.05, 4.69) is 0 Å². The van der Waals surface area contributed by atoms with E-state index in [0.29, 0.717) is 0 Å². The van der Waals surface area contributed by atoms with E-state index in [0.717, 1.165) is 0 Å². The van der Waals surface area contributed by atoms with Gasteiger partial charge in [-0.25, -0.2) is 0 Å². The molecule has 0 aromatic carbocycles. The minimum atomic E-state index is 0. The molecular formula is H2I2Na131+131. The molecule has 0 spiro atoms. The third-order valence-electron chi connectivity index (χ3n) is 0. The largest absolute Gasteiger partial charge is 1.00 e. The predicted molar refractivity (Wildman–Crippen MR) is 30.8 cm³/mol. The molecule has 0 aliphatic heterocycles. The minimum absolute atomic E-state index is 0. The second kappa shape index (κ2) is 1050. The zero-order chi connectivity index (χ0) is 0. The van der Waals surface area contributed by atoms with Gasteiger partial charge in [0.1, 0.15) is 0 Å². The van der Waals surface area contributed by atoms with Crippen molar-refractivity contribution < 1.29 is 3870 Å². The van der Waals surface area contributed by atoms with E-state index in [1.54, 1.807) is 0 Å². The third-order valence-corrected chi connectivity index (χ3v) is 0. The molecule has 0 radical (unpaired) electrons. The molecule has 0 bridgehead atoms. The normalized spacial score (nSPS) is 0. The van der Waals surface area contributed by atoms with Gasteiger partial charge in [0, 0.05) is 0 Å². The molecule has 0 N–H and O–H groups in total. The number of rotatable bonds is 0. The number of hydrogen-bond acceptors (Lipinski definition) is 0. The smallest absolute Gasteiger partial charge is 0.107 e.